The van der Waals surface area contributed by atoms with Gasteiger partial charge in [-0.25, -0.2) is 9.59 Å². The minimum atomic E-state index is -0.557. The molecule has 0 fully saturated rings. The van der Waals surface area contributed by atoms with E-state index in [4.69, 9.17) is 0 Å². The highest BCUT2D eigenvalue weighted by Gasteiger charge is 2.20. The van der Waals surface area contributed by atoms with Crippen LogP contribution in [-0.2, 0) is 16.5 Å². The van der Waals surface area contributed by atoms with E-state index in [9.17, 15) is 9.59 Å². The molecular formula is C13H13NO4. The summed E-state index contributed by atoms with van der Waals surface area (Å²) in [7, 11) is 4.42. The van der Waals surface area contributed by atoms with Crippen molar-refractivity contribution in [1.82, 2.24) is 4.57 Å². The second kappa shape index (κ2) is 4.52. The van der Waals surface area contributed by atoms with Crippen molar-refractivity contribution in [2.75, 3.05) is 14.2 Å². The molecule has 1 aromatic carbocycles. The van der Waals surface area contributed by atoms with E-state index < -0.39 is 11.9 Å². The Morgan fingerprint density at radius 2 is 1.61 bits per heavy atom. The maximum Gasteiger partial charge on any atom is 0.338 e. The Kier molecular flexibility index (Phi) is 3.06. The Labute approximate surface area is 104 Å². The fraction of sp³-hybridized carbons (Fsp3) is 0.231. The lowest BCUT2D eigenvalue weighted by molar-refractivity contribution is 0.0555. The number of carbonyl (C=O) groups is 2. The highest BCUT2D eigenvalue weighted by Crippen LogP contribution is 2.22. The maximum absolute atomic E-state index is 11.7. The number of ether oxygens (including phenoxy) is 2. The van der Waals surface area contributed by atoms with E-state index >= 15 is 0 Å². The molecule has 1 heterocycles. The number of carbonyl (C=O) groups excluding carboxylic acids is 2. The fourth-order valence-corrected chi connectivity index (χ4v) is 1.87. The van der Waals surface area contributed by atoms with Crippen molar-refractivity contribution < 1.29 is 19.1 Å². The van der Waals surface area contributed by atoms with Gasteiger partial charge in [0.2, 0.25) is 0 Å². The van der Waals surface area contributed by atoms with Crippen LogP contribution < -0.4 is 0 Å². The molecule has 94 valence electrons. The van der Waals surface area contributed by atoms with Crippen molar-refractivity contribution in [3.8, 4) is 0 Å². The van der Waals surface area contributed by atoms with Gasteiger partial charge in [-0.15, -0.1) is 0 Å². The average molecular weight is 247 g/mol. The first-order valence-corrected chi connectivity index (χ1v) is 5.34. The van der Waals surface area contributed by atoms with Crippen LogP contribution in [0.2, 0.25) is 0 Å². The number of methoxy groups -OCH3 is 2. The average Bonchev–Trinajstić information content (AvgIpc) is 2.76. The Hall–Kier alpha value is -2.30. The van der Waals surface area contributed by atoms with Crippen LogP contribution in [0.4, 0.5) is 0 Å². The van der Waals surface area contributed by atoms with Crippen LogP contribution in [0.25, 0.3) is 10.9 Å². The van der Waals surface area contributed by atoms with E-state index in [2.05, 4.69) is 9.47 Å². The summed E-state index contributed by atoms with van der Waals surface area (Å²) in [6, 6.07) is 5.13. The lowest BCUT2D eigenvalue weighted by atomic mass is 10.0. The zero-order valence-corrected chi connectivity index (χ0v) is 10.4. The summed E-state index contributed by atoms with van der Waals surface area (Å²) in [6.45, 7) is 0. The van der Waals surface area contributed by atoms with E-state index in [0.29, 0.717) is 0 Å². The van der Waals surface area contributed by atoms with E-state index in [0.717, 1.165) is 10.9 Å². The topological polar surface area (TPSA) is 57.5 Å². The van der Waals surface area contributed by atoms with Crippen LogP contribution in [0.5, 0.6) is 0 Å². The first-order chi connectivity index (χ1) is 8.58. The van der Waals surface area contributed by atoms with E-state index in [-0.39, 0.29) is 11.1 Å². The molecule has 0 saturated carbocycles. The van der Waals surface area contributed by atoms with Crippen LogP contribution in [-0.4, -0.2) is 30.7 Å². The van der Waals surface area contributed by atoms with Crippen molar-refractivity contribution >= 4 is 22.8 Å². The van der Waals surface area contributed by atoms with Gasteiger partial charge in [0, 0.05) is 24.1 Å². The van der Waals surface area contributed by atoms with Crippen LogP contribution in [0.15, 0.2) is 24.4 Å². The van der Waals surface area contributed by atoms with Crippen molar-refractivity contribution in [3.05, 3.63) is 35.5 Å². The van der Waals surface area contributed by atoms with Gasteiger partial charge in [0.25, 0.3) is 0 Å². The molecule has 5 heteroatoms. The molecule has 18 heavy (non-hydrogen) atoms. The molecule has 0 atom stereocenters. The molecule has 0 radical (unpaired) electrons. The summed E-state index contributed by atoms with van der Waals surface area (Å²) < 4.78 is 11.2. The zero-order valence-electron chi connectivity index (χ0n) is 10.4. The standard InChI is InChI=1S/C13H13NO4/c1-14-5-4-8-6-9(12(15)17-2)10(7-11(8)14)13(16)18-3/h4-7H,1-3H3. The normalized spacial score (nSPS) is 10.4. The zero-order chi connectivity index (χ0) is 13.3. The highest BCUT2D eigenvalue weighted by atomic mass is 16.5. The molecule has 0 saturated heterocycles. The number of rotatable bonds is 2. The van der Waals surface area contributed by atoms with Crippen LogP contribution >= 0.6 is 0 Å². The SMILES string of the molecule is COC(=O)c1cc2ccn(C)c2cc1C(=O)OC. The third-order valence-electron chi connectivity index (χ3n) is 2.84. The molecule has 0 spiro atoms. The summed E-state index contributed by atoms with van der Waals surface area (Å²) >= 11 is 0. The van der Waals surface area contributed by atoms with Gasteiger partial charge in [-0.1, -0.05) is 0 Å². The Morgan fingerprint density at radius 1 is 1.06 bits per heavy atom. The Bertz CT molecular complexity index is 627. The molecule has 0 unspecified atom stereocenters. The summed E-state index contributed by atoms with van der Waals surface area (Å²) in [5.74, 6) is -1.11. The number of aryl methyl sites for hydroxylation is 1. The number of hydrogen-bond donors (Lipinski definition) is 0. The molecule has 0 bridgehead atoms. The van der Waals surface area contributed by atoms with Gasteiger partial charge < -0.3 is 14.0 Å². The number of esters is 2. The molecule has 0 aliphatic heterocycles. The third-order valence-corrected chi connectivity index (χ3v) is 2.84. The number of hydrogen-bond acceptors (Lipinski definition) is 4. The van der Waals surface area contributed by atoms with E-state index in [1.807, 2.05) is 23.9 Å². The predicted octanol–water partition coefficient (Wildman–Crippen LogP) is 1.75. The van der Waals surface area contributed by atoms with Crippen LogP contribution in [0.1, 0.15) is 20.7 Å². The second-order valence-electron chi connectivity index (χ2n) is 3.87. The summed E-state index contributed by atoms with van der Waals surface area (Å²) in [5, 5.41) is 0.866. The summed E-state index contributed by atoms with van der Waals surface area (Å²) in [5.41, 5.74) is 1.27. The molecule has 5 nitrogen and oxygen atoms in total. The summed E-state index contributed by atoms with van der Waals surface area (Å²) in [6.07, 6.45) is 1.85. The molecule has 0 N–H and O–H groups in total. The molecule has 0 amide bonds. The van der Waals surface area contributed by atoms with Gasteiger partial charge >= 0.3 is 11.9 Å². The van der Waals surface area contributed by atoms with Gasteiger partial charge in [-0.3, -0.25) is 0 Å². The van der Waals surface area contributed by atoms with Gasteiger partial charge in [-0.05, 0) is 18.2 Å². The van der Waals surface area contributed by atoms with E-state index in [1.165, 1.54) is 14.2 Å². The Morgan fingerprint density at radius 3 is 2.17 bits per heavy atom. The molecule has 2 aromatic rings. The highest BCUT2D eigenvalue weighted by molar-refractivity contribution is 6.07. The molecule has 0 aliphatic carbocycles. The lowest BCUT2D eigenvalue weighted by Gasteiger charge is -2.07. The third kappa shape index (κ3) is 1.84. The number of aromatic nitrogens is 1. The maximum atomic E-state index is 11.7. The second-order valence-corrected chi connectivity index (χ2v) is 3.87. The first-order valence-electron chi connectivity index (χ1n) is 5.34. The Balaban J connectivity index is 2.73. The van der Waals surface area contributed by atoms with Crippen molar-refractivity contribution in [3.63, 3.8) is 0 Å². The molecule has 2 rings (SSSR count). The quantitative estimate of drug-likeness (QED) is 0.759. The molecule has 1 aromatic heterocycles. The number of benzene rings is 1. The van der Waals surface area contributed by atoms with Crippen molar-refractivity contribution in [2.45, 2.75) is 0 Å². The predicted molar refractivity (Wildman–Crippen MR) is 65.6 cm³/mol. The fourth-order valence-electron chi connectivity index (χ4n) is 1.87. The van der Waals surface area contributed by atoms with Crippen molar-refractivity contribution in [1.29, 1.82) is 0 Å². The lowest BCUT2D eigenvalue weighted by Crippen LogP contribution is -2.12. The van der Waals surface area contributed by atoms with Crippen LogP contribution in [0.3, 0.4) is 0 Å². The molecule has 0 aliphatic rings. The first kappa shape index (κ1) is 12.2. The summed E-state index contributed by atoms with van der Waals surface area (Å²) in [4.78, 5) is 23.4. The smallest absolute Gasteiger partial charge is 0.338 e. The van der Waals surface area contributed by atoms with Crippen LogP contribution in [0, 0.1) is 0 Å². The largest absolute Gasteiger partial charge is 0.465 e. The van der Waals surface area contributed by atoms with Gasteiger partial charge in [-0.2, -0.15) is 0 Å². The minimum absolute atomic E-state index is 0.207. The number of nitrogens with zero attached hydrogens (tertiary/aromatic N) is 1. The van der Waals surface area contributed by atoms with E-state index in [1.54, 1.807) is 12.1 Å². The van der Waals surface area contributed by atoms with Gasteiger partial charge in [0.1, 0.15) is 0 Å². The van der Waals surface area contributed by atoms with Gasteiger partial charge in [0.15, 0.2) is 0 Å². The van der Waals surface area contributed by atoms with Gasteiger partial charge in [0.05, 0.1) is 25.3 Å². The monoisotopic (exact) mass is 247 g/mol. The minimum Gasteiger partial charge on any atom is -0.465 e. The molecular weight excluding hydrogens is 234 g/mol. The number of fused-ring (bicyclic) bond motifs is 1. The van der Waals surface area contributed by atoms with Crippen molar-refractivity contribution in [2.24, 2.45) is 7.05 Å².